The zero-order chi connectivity index (χ0) is 17.8. The summed E-state index contributed by atoms with van der Waals surface area (Å²) >= 11 is 0. The van der Waals surface area contributed by atoms with E-state index in [4.69, 9.17) is 10.00 Å². The van der Waals surface area contributed by atoms with E-state index in [0.29, 0.717) is 17.7 Å². The van der Waals surface area contributed by atoms with E-state index >= 15 is 0 Å². The minimum Gasteiger partial charge on any atom is -0.495 e. The third kappa shape index (κ3) is 3.58. The molecule has 5 nitrogen and oxygen atoms in total. The molecule has 25 heavy (non-hydrogen) atoms. The van der Waals surface area contributed by atoms with Crippen molar-refractivity contribution in [3.63, 3.8) is 0 Å². The van der Waals surface area contributed by atoms with E-state index in [1.54, 1.807) is 12.0 Å². The molecule has 1 aliphatic rings. The molecular formula is C20H21N3O2. The molecule has 2 aromatic rings. The summed E-state index contributed by atoms with van der Waals surface area (Å²) in [6, 6.07) is 15.5. The number of nitrogens with one attached hydrogen (secondary N) is 1. The summed E-state index contributed by atoms with van der Waals surface area (Å²) < 4.78 is 5.42. The summed E-state index contributed by atoms with van der Waals surface area (Å²) in [6.07, 6.45) is 1.46. The molecule has 0 bridgehead atoms. The van der Waals surface area contributed by atoms with Crippen LogP contribution in [0, 0.1) is 11.3 Å². The summed E-state index contributed by atoms with van der Waals surface area (Å²) in [6.45, 7) is 2.79. The van der Waals surface area contributed by atoms with Crippen LogP contribution in [0.25, 0.3) is 0 Å². The molecule has 5 heteroatoms. The molecule has 3 rings (SSSR count). The summed E-state index contributed by atoms with van der Waals surface area (Å²) in [7, 11) is 1.62. The zero-order valence-electron chi connectivity index (χ0n) is 14.5. The van der Waals surface area contributed by atoms with Gasteiger partial charge in [0.1, 0.15) is 5.75 Å². The summed E-state index contributed by atoms with van der Waals surface area (Å²) in [5.41, 5.74) is 3.47. The first-order valence-electron chi connectivity index (χ1n) is 8.37. The van der Waals surface area contributed by atoms with Crippen LogP contribution in [-0.2, 0) is 4.79 Å². The molecule has 1 atom stereocenters. The van der Waals surface area contributed by atoms with Gasteiger partial charge in [0.05, 0.1) is 24.4 Å². The highest BCUT2D eigenvalue weighted by atomic mass is 16.5. The number of nitrogens with zero attached hydrogens (tertiary/aromatic N) is 2. The number of amides is 1. The Kier molecular flexibility index (Phi) is 4.90. The number of benzene rings is 2. The van der Waals surface area contributed by atoms with Gasteiger partial charge in [-0.05, 0) is 49.2 Å². The van der Waals surface area contributed by atoms with Crippen molar-refractivity contribution in [2.75, 3.05) is 23.9 Å². The lowest BCUT2D eigenvalue weighted by molar-refractivity contribution is -0.117. The van der Waals surface area contributed by atoms with Crippen molar-refractivity contribution in [1.82, 2.24) is 0 Å². The summed E-state index contributed by atoms with van der Waals surface area (Å²) in [4.78, 5) is 13.9. The predicted molar refractivity (Wildman–Crippen MR) is 97.8 cm³/mol. The molecule has 1 heterocycles. The standard InChI is InChI=1S/C20H21N3O2/c1-14(16-7-5-15(13-21)6-8-16)22-17-9-10-19(25-2)18(12-17)23-11-3-4-20(23)24/h5-10,12,14,22H,3-4,11H2,1-2H3/t14-/m1/s1. The number of carbonyl (C=O) groups excluding carboxylic acids is 1. The first-order chi connectivity index (χ1) is 12.1. The largest absolute Gasteiger partial charge is 0.495 e. The smallest absolute Gasteiger partial charge is 0.227 e. The molecule has 0 aromatic heterocycles. The van der Waals surface area contributed by atoms with Crippen LogP contribution in [0.3, 0.4) is 0 Å². The third-order valence-corrected chi connectivity index (χ3v) is 4.47. The van der Waals surface area contributed by atoms with E-state index in [-0.39, 0.29) is 11.9 Å². The minimum atomic E-state index is 0.0725. The molecule has 0 radical (unpaired) electrons. The van der Waals surface area contributed by atoms with Crippen LogP contribution < -0.4 is 15.0 Å². The number of ether oxygens (including phenoxy) is 1. The molecule has 1 N–H and O–H groups in total. The van der Waals surface area contributed by atoms with Gasteiger partial charge >= 0.3 is 0 Å². The number of methoxy groups -OCH3 is 1. The van der Waals surface area contributed by atoms with Gasteiger partial charge in [-0.3, -0.25) is 4.79 Å². The molecule has 0 saturated carbocycles. The fraction of sp³-hybridized carbons (Fsp3) is 0.300. The van der Waals surface area contributed by atoms with Crippen LogP contribution in [-0.4, -0.2) is 19.6 Å². The van der Waals surface area contributed by atoms with Gasteiger partial charge in [0.25, 0.3) is 0 Å². The van der Waals surface area contributed by atoms with Crippen molar-refractivity contribution < 1.29 is 9.53 Å². The maximum absolute atomic E-state index is 12.1. The van der Waals surface area contributed by atoms with Gasteiger partial charge in [0.2, 0.25) is 5.91 Å². The Morgan fingerprint density at radius 1 is 1.24 bits per heavy atom. The molecular weight excluding hydrogens is 314 g/mol. The zero-order valence-corrected chi connectivity index (χ0v) is 14.5. The number of nitriles is 1. The van der Waals surface area contributed by atoms with E-state index in [1.165, 1.54) is 0 Å². The molecule has 128 valence electrons. The van der Waals surface area contributed by atoms with Crippen LogP contribution in [0.5, 0.6) is 5.75 Å². The Morgan fingerprint density at radius 3 is 2.60 bits per heavy atom. The van der Waals surface area contributed by atoms with E-state index in [9.17, 15) is 4.79 Å². The van der Waals surface area contributed by atoms with Gasteiger partial charge in [0.15, 0.2) is 0 Å². The van der Waals surface area contributed by atoms with Crippen molar-refractivity contribution in [3.8, 4) is 11.8 Å². The van der Waals surface area contributed by atoms with E-state index in [0.717, 1.165) is 29.9 Å². The van der Waals surface area contributed by atoms with Gasteiger partial charge in [0, 0.05) is 24.7 Å². The molecule has 1 amide bonds. The Morgan fingerprint density at radius 2 is 2.00 bits per heavy atom. The second-order valence-electron chi connectivity index (χ2n) is 6.14. The highest BCUT2D eigenvalue weighted by Crippen LogP contribution is 2.35. The van der Waals surface area contributed by atoms with Gasteiger partial charge in [-0.1, -0.05) is 12.1 Å². The SMILES string of the molecule is COc1ccc(N[C@H](C)c2ccc(C#N)cc2)cc1N1CCCC1=O. The molecule has 0 aliphatic carbocycles. The lowest BCUT2D eigenvalue weighted by Crippen LogP contribution is -2.24. The molecule has 1 saturated heterocycles. The molecule has 2 aromatic carbocycles. The van der Waals surface area contributed by atoms with E-state index in [2.05, 4.69) is 18.3 Å². The van der Waals surface area contributed by atoms with Crippen LogP contribution in [0.1, 0.15) is 36.9 Å². The first-order valence-corrected chi connectivity index (χ1v) is 8.37. The Balaban J connectivity index is 1.82. The predicted octanol–water partition coefficient (Wildman–Crippen LogP) is 3.87. The van der Waals surface area contributed by atoms with Crippen molar-refractivity contribution in [3.05, 3.63) is 53.6 Å². The Labute approximate surface area is 147 Å². The normalized spacial score (nSPS) is 14.9. The maximum atomic E-state index is 12.1. The summed E-state index contributed by atoms with van der Waals surface area (Å²) in [5.74, 6) is 0.836. The quantitative estimate of drug-likeness (QED) is 0.901. The number of rotatable bonds is 5. The number of carbonyl (C=O) groups is 1. The van der Waals surface area contributed by atoms with E-state index in [1.807, 2.05) is 42.5 Å². The first kappa shape index (κ1) is 16.8. The van der Waals surface area contributed by atoms with Crippen molar-refractivity contribution in [2.45, 2.75) is 25.8 Å². The highest BCUT2D eigenvalue weighted by Gasteiger charge is 2.24. The second-order valence-corrected chi connectivity index (χ2v) is 6.14. The van der Waals surface area contributed by atoms with Crippen LogP contribution in [0.15, 0.2) is 42.5 Å². The fourth-order valence-corrected chi connectivity index (χ4v) is 3.07. The van der Waals surface area contributed by atoms with Crippen LogP contribution in [0.2, 0.25) is 0 Å². The highest BCUT2D eigenvalue weighted by molar-refractivity contribution is 5.97. The molecule has 1 aliphatic heterocycles. The number of hydrogen-bond donors (Lipinski definition) is 1. The molecule has 0 spiro atoms. The van der Waals surface area contributed by atoms with Gasteiger partial charge < -0.3 is 15.0 Å². The van der Waals surface area contributed by atoms with Gasteiger partial charge in [-0.15, -0.1) is 0 Å². The van der Waals surface area contributed by atoms with Crippen LogP contribution >= 0.6 is 0 Å². The van der Waals surface area contributed by atoms with Gasteiger partial charge in [-0.2, -0.15) is 5.26 Å². The van der Waals surface area contributed by atoms with Crippen molar-refractivity contribution in [2.24, 2.45) is 0 Å². The number of anilines is 2. The van der Waals surface area contributed by atoms with Crippen LogP contribution in [0.4, 0.5) is 11.4 Å². The van der Waals surface area contributed by atoms with Crippen molar-refractivity contribution in [1.29, 1.82) is 5.26 Å². The monoisotopic (exact) mass is 335 g/mol. The average molecular weight is 335 g/mol. The maximum Gasteiger partial charge on any atom is 0.227 e. The average Bonchev–Trinajstić information content (AvgIpc) is 3.07. The lowest BCUT2D eigenvalue weighted by atomic mass is 10.1. The minimum absolute atomic E-state index is 0.0725. The number of hydrogen-bond acceptors (Lipinski definition) is 4. The molecule has 0 unspecified atom stereocenters. The summed E-state index contributed by atoms with van der Waals surface area (Å²) in [5, 5.41) is 12.3. The Bertz CT molecular complexity index is 809. The van der Waals surface area contributed by atoms with E-state index < -0.39 is 0 Å². The molecule has 1 fully saturated rings. The second kappa shape index (κ2) is 7.27. The third-order valence-electron chi connectivity index (χ3n) is 4.47. The Hall–Kier alpha value is -3.00. The topological polar surface area (TPSA) is 65.4 Å². The van der Waals surface area contributed by atoms with Gasteiger partial charge in [-0.25, -0.2) is 0 Å². The fourth-order valence-electron chi connectivity index (χ4n) is 3.07. The lowest BCUT2D eigenvalue weighted by Gasteiger charge is -2.22. The van der Waals surface area contributed by atoms with Crippen molar-refractivity contribution >= 4 is 17.3 Å².